The van der Waals surface area contributed by atoms with Gasteiger partial charge in [0.05, 0.1) is 31.9 Å². The Kier molecular flexibility index (Phi) is 8.09. The van der Waals surface area contributed by atoms with E-state index < -0.39 is 23.0 Å². The van der Waals surface area contributed by atoms with Gasteiger partial charge in [0, 0.05) is 21.2 Å². The third-order valence-electron chi connectivity index (χ3n) is 8.80. The zero-order valence-corrected chi connectivity index (χ0v) is 27.8. The van der Waals surface area contributed by atoms with Crippen LogP contribution in [0.3, 0.4) is 0 Å². The summed E-state index contributed by atoms with van der Waals surface area (Å²) in [5.74, 6) is -1.71. The van der Waals surface area contributed by atoms with E-state index >= 15 is 4.79 Å². The van der Waals surface area contributed by atoms with Crippen LogP contribution in [0.4, 0.5) is 0 Å². The number of carbonyl (C=O) groups excluding carboxylic acids is 1. The highest BCUT2D eigenvalue weighted by atomic mass is 35.5. The van der Waals surface area contributed by atoms with Gasteiger partial charge in [0.1, 0.15) is 11.4 Å². The molecule has 1 aliphatic carbocycles. The van der Waals surface area contributed by atoms with Crippen molar-refractivity contribution in [1.29, 1.82) is 0 Å². The lowest BCUT2D eigenvalue weighted by Crippen LogP contribution is -2.61. The molecule has 3 aliphatic rings. The third kappa shape index (κ3) is 4.95. The quantitative estimate of drug-likeness (QED) is 0.211. The van der Waals surface area contributed by atoms with Crippen LogP contribution < -0.4 is 0 Å². The van der Waals surface area contributed by atoms with E-state index in [2.05, 4.69) is 10.3 Å². The summed E-state index contributed by atoms with van der Waals surface area (Å²) in [6.07, 6.45) is 1.27. The molecule has 0 aromatic heterocycles. The van der Waals surface area contributed by atoms with Crippen molar-refractivity contribution >= 4 is 86.8 Å². The van der Waals surface area contributed by atoms with Crippen LogP contribution in [0, 0.1) is 0 Å². The van der Waals surface area contributed by atoms with Crippen molar-refractivity contribution in [2.75, 3.05) is 0 Å². The van der Waals surface area contributed by atoms with Crippen LogP contribution in [0.2, 0.25) is 30.1 Å². The van der Waals surface area contributed by atoms with Crippen molar-refractivity contribution in [2.45, 2.75) is 42.3 Å². The van der Waals surface area contributed by atoms with Gasteiger partial charge >= 0.3 is 0 Å². The second-order valence-electron chi connectivity index (χ2n) is 11.3. The van der Waals surface area contributed by atoms with E-state index in [1.165, 1.54) is 0 Å². The maximum atomic E-state index is 15.4. The molecule has 4 atom stereocenters. The fourth-order valence-electron chi connectivity index (χ4n) is 6.87. The molecule has 2 heterocycles. The van der Waals surface area contributed by atoms with Crippen molar-refractivity contribution in [3.63, 3.8) is 0 Å². The molecule has 4 aromatic carbocycles. The van der Waals surface area contributed by atoms with Crippen molar-refractivity contribution < 1.29 is 14.5 Å². The topological polar surface area (TPSA) is 60.2 Å². The molecule has 4 aromatic rings. The highest BCUT2D eigenvalue weighted by molar-refractivity contribution is 6.42. The van der Waals surface area contributed by atoms with E-state index in [0.717, 1.165) is 11.1 Å². The van der Waals surface area contributed by atoms with Crippen LogP contribution in [0.1, 0.15) is 53.4 Å². The molecule has 7 rings (SSSR count). The van der Waals surface area contributed by atoms with Crippen molar-refractivity contribution in [1.82, 2.24) is 0 Å². The first-order chi connectivity index (χ1) is 21.7. The molecule has 0 bridgehead atoms. The summed E-state index contributed by atoms with van der Waals surface area (Å²) in [6.45, 7) is 0. The fraction of sp³-hybridized carbons (Fsp3) is 0.206. The van der Waals surface area contributed by atoms with Crippen LogP contribution in [0.25, 0.3) is 0 Å². The molecule has 2 spiro atoms. The molecule has 45 heavy (non-hydrogen) atoms. The Hall–Kier alpha value is -2.77. The number of Topliss-reactive ketones (excluding diaryl/α,β-unsaturated/α-hetero) is 1. The van der Waals surface area contributed by atoms with E-state index in [1.807, 2.05) is 24.3 Å². The molecule has 228 valence electrons. The molecule has 5 nitrogen and oxygen atoms in total. The number of carbonyl (C=O) groups is 1. The minimum absolute atomic E-state index is 0.315. The number of oxime groups is 2. The number of ketones is 1. The Labute approximate surface area is 289 Å². The van der Waals surface area contributed by atoms with Gasteiger partial charge < -0.3 is 9.68 Å². The Balaban J connectivity index is 1.41. The molecule has 0 unspecified atom stereocenters. The summed E-state index contributed by atoms with van der Waals surface area (Å²) in [5.41, 5.74) is 0.414. The van der Waals surface area contributed by atoms with Gasteiger partial charge in [-0.25, -0.2) is 0 Å². The molecular formula is C34H22Cl6N2O3. The highest BCUT2D eigenvalue weighted by Crippen LogP contribution is 2.56. The molecule has 0 N–H and O–H groups in total. The number of hydrogen-bond donors (Lipinski definition) is 0. The number of nitrogens with zero attached hydrogens (tertiary/aromatic N) is 2. The lowest BCUT2D eigenvalue weighted by molar-refractivity contribution is -0.177. The van der Waals surface area contributed by atoms with Crippen LogP contribution in [0.5, 0.6) is 0 Å². The summed E-state index contributed by atoms with van der Waals surface area (Å²) in [4.78, 5) is 28.0. The molecule has 1 saturated carbocycles. The van der Waals surface area contributed by atoms with Crippen molar-refractivity contribution in [3.8, 4) is 0 Å². The largest absolute Gasteiger partial charge is 0.380 e. The van der Waals surface area contributed by atoms with Gasteiger partial charge in [-0.05, 0) is 78.9 Å². The van der Waals surface area contributed by atoms with Crippen LogP contribution in [0.15, 0.2) is 95.2 Å². The Morgan fingerprint density at radius 2 is 0.911 bits per heavy atom. The Morgan fingerprint density at radius 3 is 1.27 bits per heavy atom. The second-order valence-corrected chi connectivity index (χ2v) is 13.8. The van der Waals surface area contributed by atoms with E-state index in [0.29, 0.717) is 71.9 Å². The molecule has 1 fully saturated rings. The van der Waals surface area contributed by atoms with E-state index in [4.69, 9.17) is 79.3 Å². The maximum absolute atomic E-state index is 15.4. The van der Waals surface area contributed by atoms with Gasteiger partial charge in [-0.3, -0.25) is 4.79 Å². The Bertz CT molecular complexity index is 1720. The highest BCUT2D eigenvalue weighted by Gasteiger charge is 2.69. The maximum Gasteiger partial charge on any atom is 0.227 e. The number of benzene rings is 4. The molecule has 2 aliphatic heterocycles. The minimum atomic E-state index is -1.48. The van der Waals surface area contributed by atoms with Gasteiger partial charge in [0.25, 0.3) is 0 Å². The third-order valence-corrected chi connectivity index (χ3v) is 10.6. The number of halogens is 6. The van der Waals surface area contributed by atoms with Crippen molar-refractivity contribution in [3.05, 3.63) is 137 Å². The average molecular weight is 719 g/mol. The first kappa shape index (κ1) is 30.9. The fourth-order valence-corrected chi connectivity index (χ4v) is 8.30. The predicted molar refractivity (Wildman–Crippen MR) is 181 cm³/mol. The van der Waals surface area contributed by atoms with Crippen molar-refractivity contribution in [2.24, 2.45) is 10.3 Å². The predicted octanol–water partition coefficient (Wildman–Crippen LogP) is 10.6. The van der Waals surface area contributed by atoms with Gasteiger partial charge in [0.15, 0.2) is 0 Å². The normalized spacial score (nSPS) is 25.7. The molecule has 0 amide bonds. The van der Waals surface area contributed by atoms with Crippen LogP contribution in [-0.2, 0) is 14.5 Å². The first-order valence-corrected chi connectivity index (χ1v) is 16.4. The first-order valence-electron chi connectivity index (χ1n) is 14.1. The summed E-state index contributed by atoms with van der Waals surface area (Å²) in [7, 11) is 0. The van der Waals surface area contributed by atoms with Gasteiger partial charge in [-0.1, -0.05) is 116 Å². The second kappa shape index (κ2) is 11.8. The molecular weight excluding hydrogens is 697 g/mol. The van der Waals surface area contributed by atoms with E-state index in [9.17, 15) is 0 Å². The standard InChI is InChI=1S/C34H22Cl6N2O3/c35-20-12-8-18(9-13-20)28-30(26-22(37)4-1-5-23(26)38)41-44-33(28)16-3-17-34(32(33)43)29(19-10-14-21(36)15-11-19)31(42-45-34)27-24(39)6-2-7-25(27)40/h1-2,4-15,28-29H,3,16-17H2/t28-,29-,33-,34-/m1/s1. The minimum Gasteiger partial charge on any atom is -0.380 e. The smallest absolute Gasteiger partial charge is 0.227 e. The summed E-state index contributed by atoms with van der Waals surface area (Å²) >= 11 is 39.4. The van der Waals surface area contributed by atoms with Gasteiger partial charge in [-0.2, -0.15) is 0 Å². The van der Waals surface area contributed by atoms with E-state index in [-0.39, 0.29) is 5.78 Å². The zero-order valence-electron chi connectivity index (χ0n) is 23.2. The summed E-state index contributed by atoms with van der Waals surface area (Å²) < 4.78 is 0. The Morgan fingerprint density at radius 1 is 0.556 bits per heavy atom. The van der Waals surface area contributed by atoms with E-state index in [1.54, 1.807) is 60.7 Å². The number of hydrogen-bond acceptors (Lipinski definition) is 5. The average Bonchev–Trinajstić information content (AvgIpc) is 3.57. The SMILES string of the molecule is O=C1[C@]2(CCC[C@]13ON=C(c1c(Cl)cccc1Cl)[C@H]3c1ccc(Cl)cc1)ON=C(c1c(Cl)cccc1Cl)[C@H]2c1ccc(Cl)cc1. The van der Waals surface area contributed by atoms with Gasteiger partial charge in [0.2, 0.25) is 17.0 Å². The lowest BCUT2D eigenvalue weighted by Gasteiger charge is -2.44. The summed E-state index contributed by atoms with van der Waals surface area (Å²) in [6, 6.07) is 24.9. The molecule has 0 saturated heterocycles. The molecule has 0 radical (unpaired) electrons. The zero-order chi connectivity index (χ0) is 31.5. The number of rotatable bonds is 4. The van der Waals surface area contributed by atoms with Crippen LogP contribution in [-0.4, -0.2) is 28.4 Å². The lowest BCUT2D eigenvalue weighted by atomic mass is 9.60. The van der Waals surface area contributed by atoms with Crippen LogP contribution >= 0.6 is 69.6 Å². The molecule has 11 heteroatoms. The monoisotopic (exact) mass is 716 g/mol. The summed E-state index contributed by atoms with van der Waals surface area (Å²) in [5, 5.41) is 11.7. The van der Waals surface area contributed by atoms with Gasteiger partial charge in [-0.15, -0.1) is 0 Å².